The standard InChI is InChI=1S/C15H9F5O2/c1-8(21)9-3-2-4-11(5-9)22-14-12(16)6-10(7-13(14)17)15(18,19)20/h2-7H,1H3. The van der Waals surface area contributed by atoms with Gasteiger partial charge in [0.15, 0.2) is 23.2 Å². The fourth-order valence-electron chi connectivity index (χ4n) is 1.72. The lowest BCUT2D eigenvalue weighted by atomic mass is 10.1. The Morgan fingerprint density at radius 3 is 2.14 bits per heavy atom. The number of benzene rings is 2. The summed E-state index contributed by atoms with van der Waals surface area (Å²) in [6, 6.07) is 5.74. The van der Waals surface area contributed by atoms with Crippen molar-refractivity contribution >= 4 is 5.78 Å². The normalized spacial score (nSPS) is 11.4. The zero-order valence-electron chi connectivity index (χ0n) is 11.2. The Morgan fingerprint density at radius 1 is 1.05 bits per heavy atom. The maximum atomic E-state index is 13.7. The molecule has 0 unspecified atom stereocenters. The Morgan fingerprint density at radius 2 is 1.64 bits per heavy atom. The average Bonchev–Trinajstić information content (AvgIpc) is 2.42. The minimum Gasteiger partial charge on any atom is -0.451 e. The van der Waals surface area contributed by atoms with E-state index >= 15 is 0 Å². The van der Waals surface area contributed by atoms with Gasteiger partial charge in [0.2, 0.25) is 0 Å². The van der Waals surface area contributed by atoms with Crippen LogP contribution in [0.5, 0.6) is 11.5 Å². The maximum absolute atomic E-state index is 13.7. The van der Waals surface area contributed by atoms with E-state index in [2.05, 4.69) is 0 Å². The van der Waals surface area contributed by atoms with Crippen LogP contribution in [0.2, 0.25) is 0 Å². The van der Waals surface area contributed by atoms with E-state index in [1.807, 2.05) is 0 Å². The SMILES string of the molecule is CC(=O)c1cccc(Oc2c(F)cc(C(F)(F)F)cc2F)c1. The molecule has 2 aromatic rings. The third-order valence-corrected chi connectivity index (χ3v) is 2.79. The first kappa shape index (κ1) is 15.9. The molecule has 7 heteroatoms. The Hall–Kier alpha value is -2.44. The molecule has 0 fully saturated rings. The molecule has 0 bridgehead atoms. The summed E-state index contributed by atoms with van der Waals surface area (Å²) in [4.78, 5) is 11.2. The van der Waals surface area contributed by atoms with Gasteiger partial charge in [-0.05, 0) is 31.2 Å². The van der Waals surface area contributed by atoms with Crippen LogP contribution in [0, 0.1) is 11.6 Å². The molecule has 0 saturated carbocycles. The highest BCUT2D eigenvalue weighted by Crippen LogP contribution is 2.35. The molecule has 0 aromatic heterocycles. The number of alkyl halides is 3. The Bertz CT molecular complexity index is 699. The van der Waals surface area contributed by atoms with Crippen molar-refractivity contribution in [2.45, 2.75) is 13.1 Å². The van der Waals surface area contributed by atoms with Crippen LogP contribution in [-0.2, 0) is 6.18 Å². The van der Waals surface area contributed by atoms with E-state index in [1.165, 1.54) is 31.2 Å². The highest BCUT2D eigenvalue weighted by Gasteiger charge is 2.33. The van der Waals surface area contributed by atoms with Crippen molar-refractivity contribution in [3.8, 4) is 11.5 Å². The van der Waals surface area contributed by atoms with Crippen LogP contribution in [0.15, 0.2) is 36.4 Å². The molecule has 0 atom stereocenters. The van der Waals surface area contributed by atoms with Crippen molar-refractivity contribution in [1.29, 1.82) is 0 Å². The third kappa shape index (κ3) is 3.41. The lowest BCUT2D eigenvalue weighted by Gasteiger charge is -2.12. The first-order chi connectivity index (χ1) is 10.2. The van der Waals surface area contributed by atoms with Gasteiger partial charge < -0.3 is 4.74 Å². The van der Waals surface area contributed by atoms with Gasteiger partial charge in [-0.2, -0.15) is 13.2 Å². The molecule has 2 aromatic carbocycles. The lowest BCUT2D eigenvalue weighted by Crippen LogP contribution is -2.07. The van der Waals surface area contributed by atoms with Gasteiger partial charge in [-0.15, -0.1) is 0 Å². The third-order valence-electron chi connectivity index (χ3n) is 2.79. The van der Waals surface area contributed by atoms with Crippen molar-refractivity contribution < 1.29 is 31.5 Å². The summed E-state index contributed by atoms with van der Waals surface area (Å²) < 4.78 is 69.5. The molecule has 0 radical (unpaired) electrons. The van der Waals surface area contributed by atoms with Gasteiger partial charge in [0.1, 0.15) is 5.75 Å². The number of rotatable bonds is 3. The summed E-state index contributed by atoms with van der Waals surface area (Å²) in [5.41, 5.74) is -1.21. The molecule has 0 aliphatic heterocycles. The van der Waals surface area contributed by atoms with Crippen LogP contribution < -0.4 is 4.74 Å². The van der Waals surface area contributed by atoms with Crippen LogP contribution in [0.3, 0.4) is 0 Å². The van der Waals surface area contributed by atoms with Gasteiger partial charge in [-0.3, -0.25) is 4.79 Å². The second kappa shape index (κ2) is 5.75. The lowest BCUT2D eigenvalue weighted by molar-refractivity contribution is -0.138. The molecule has 0 heterocycles. The maximum Gasteiger partial charge on any atom is 0.416 e. The monoisotopic (exact) mass is 316 g/mol. The predicted octanol–water partition coefficient (Wildman–Crippen LogP) is 4.98. The zero-order chi connectivity index (χ0) is 16.5. The van der Waals surface area contributed by atoms with Crippen LogP contribution in [0.1, 0.15) is 22.8 Å². The van der Waals surface area contributed by atoms with Crippen molar-refractivity contribution in [3.63, 3.8) is 0 Å². The van der Waals surface area contributed by atoms with Gasteiger partial charge in [0.25, 0.3) is 0 Å². The molecule has 0 aliphatic rings. The number of ether oxygens (including phenoxy) is 1. The van der Waals surface area contributed by atoms with Gasteiger partial charge >= 0.3 is 6.18 Å². The number of hydrogen-bond donors (Lipinski definition) is 0. The van der Waals surface area contributed by atoms with Crippen LogP contribution in [0.4, 0.5) is 22.0 Å². The quantitative estimate of drug-likeness (QED) is 0.590. The summed E-state index contributed by atoms with van der Waals surface area (Å²) in [5.74, 6) is -4.29. The van der Waals surface area contributed by atoms with E-state index in [1.54, 1.807) is 0 Å². The van der Waals surface area contributed by atoms with Crippen molar-refractivity contribution in [2.75, 3.05) is 0 Å². The van der Waals surface area contributed by atoms with Gasteiger partial charge in [0, 0.05) is 5.56 Å². The molecule has 0 spiro atoms. The summed E-state index contributed by atoms with van der Waals surface area (Å²) in [6.45, 7) is 1.29. The molecule has 116 valence electrons. The first-order valence-corrected chi connectivity index (χ1v) is 6.03. The summed E-state index contributed by atoms with van der Waals surface area (Å²) in [7, 11) is 0. The van der Waals surface area contributed by atoms with E-state index in [0.717, 1.165) is 0 Å². The molecule has 0 N–H and O–H groups in total. The molecular formula is C15H9F5O2. The fourth-order valence-corrected chi connectivity index (χ4v) is 1.72. The van der Waals surface area contributed by atoms with E-state index in [0.29, 0.717) is 0 Å². The van der Waals surface area contributed by atoms with E-state index in [9.17, 15) is 26.7 Å². The Kier molecular flexibility index (Phi) is 4.16. The topological polar surface area (TPSA) is 26.3 Å². The molecular weight excluding hydrogens is 307 g/mol. The van der Waals surface area contributed by atoms with Crippen molar-refractivity contribution in [3.05, 3.63) is 59.2 Å². The number of halogens is 5. The highest BCUT2D eigenvalue weighted by molar-refractivity contribution is 5.94. The van der Waals surface area contributed by atoms with E-state index in [4.69, 9.17) is 4.74 Å². The van der Waals surface area contributed by atoms with Gasteiger partial charge in [0.05, 0.1) is 5.56 Å². The zero-order valence-corrected chi connectivity index (χ0v) is 11.2. The van der Waals surface area contributed by atoms with Crippen LogP contribution in [0.25, 0.3) is 0 Å². The molecule has 0 aliphatic carbocycles. The molecule has 22 heavy (non-hydrogen) atoms. The fraction of sp³-hybridized carbons (Fsp3) is 0.133. The largest absolute Gasteiger partial charge is 0.451 e. The minimum atomic E-state index is -4.87. The molecule has 0 saturated heterocycles. The average molecular weight is 316 g/mol. The Labute approximate surface area is 122 Å². The summed E-state index contributed by atoms with van der Waals surface area (Å²) >= 11 is 0. The van der Waals surface area contributed by atoms with Crippen molar-refractivity contribution in [2.24, 2.45) is 0 Å². The summed E-state index contributed by atoms with van der Waals surface area (Å²) in [6.07, 6.45) is -4.87. The number of ketones is 1. The number of carbonyl (C=O) groups excluding carboxylic acids is 1. The smallest absolute Gasteiger partial charge is 0.416 e. The van der Waals surface area contributed by atoms with E-state index in [-0.39, 0.29) is 29.2 Å². The molecule has 2 rings (SSSR count). The second-order valence-corrected chi connectivity index (χ2v) is 4.45. The van der Waals surface area contributed by atoms with Crippen molar-refractivity contribution in [1.82, 2.24) is 0 Å². The second-order valence-electron chi connectivity index (χ2n) is 4.45. The predicted molar refractivity (Wildman–Crippen MR) is 67.9 cm³/mol. The highest BCUT2D eigenvalue weighted by atomic mass is 19.4. The van der Waals surface area contributed by atoms with Crippen LogP contribution >= 0.6 is 0 Å². The van der Waals surface area contributed by atoms with Crippen LogP contribution in [-0.4, -0.2) is 5.78 Å². The number of carbonyl (C=O) groups is 1. The number of Topliss-reactive ketones (excluding diaryl/α,β-unsaturated/α-hetero) is 1. The number of hydrogen-bond acceptors (Lipinski definition) is 2. The molecule has 2 nitrogen and oxygen atoms in total. The molecule has 0 amide bonds. The Balaban J connectivity index is 2.38. The van der Waals surface area contributed by atoms with Gasteiger partial charge in [-0.25, -0.2) is 8.78 Å². The van der Waals surface area contributed by atoms with Gasteiger partial charge in [-0.1, -0.05) is 12.1 Å². The summed E-state index contributed by atoms with van der Waals surface area (Å²) in [5, 5.41) is 0. The minimum absolute atomic E-state index is 0.0646. The van der Waals surface area contributed by atoms with E-state index < -0.39 is 29.1 Å². The first-order valence-electron chi connectivity index (χ1n) is 6.03.